The van der Waals surface area contributed by atoms with E-state index in [-0.39, 0.29) is 18.1 Å². The molecular formula is C21H22ClNO6S. The van der Waals surface area contributed by atoms with Gasteiger partial charge >= 0.3 is 5.97 Å². The maximum atomic E-state index is 12.6. The van der Waals surface area contributed by atoms with Gasteiger partial charge in [-0.15, -0.1) is 0 Å². The average Bonchev–Trinajstić information content (AvgIpc) is 2.77. The topological polar surface area (TPSA) is 82.1 Å². The van der Waals surface area contributed by atoms with Gasteiger partial charge in [0, 0.05) is 19.2 Å². The summed E-state index contributed by atoms with van der Waals surface area (Å²) in [6.07, 6.45) is 2.84. The minimum absolute atomic E-state index is 0.0745. The van der Waals surface area contributed by atoms with Crippen LogP contribution in [0.15, 0.2) is 59.5 Å². The molecule has 0 unspecified atom stereocenters. The van der Waals surface area contributed by atoms with Crippen molar-refractivity contribution in [2.45, 2.75) is 4.90 Å². The van der Waals surface area contributed by atoms with Gasteiger partial charge in [-0.3, -0.25) is 0 Å². The number of hydrogen-bond acceptors (Lipinski definition) is 6. The zero-order chi connectivity index (χ0) is 21.4. The summed E-state index contributed by atoms with van der Waals surface area (Å²) in [5.41, 5.74) is 0.681. The zero-order valence-electron chi connectivity index (χ0n) is 16.2. The Balaban J connectivity index is 1.47. The van der Waals surface area contributed by atoms with Crippen molar-refractivity contribution in [3.8, 4) is 5.75 Å². The highest BCUT2D eigenvalue weighted by atomic mass is 35.5. The maximum absolute atomic E-state index is 12.6. The molecule has 0 spiro atoms. The van der Waals surface area contributed by atoms with E-state index in [9.17, 15) is 13.2 Å². The molecule has 160 valence electrons. The summed E-state index contributed by atoms with van der Waals surface area (Å²) in [4.78, 5) is 12.0. The van der Waals surface area contributed by atoms with Crippen LogP contribution in [-0.2, 0) is 24.3 Å². The van der Waals surface area contributed by atoms with E-state index < -0.39 is 16.0 Å². The fourth-order valence-corrected chi connectivity index (χ4v) is 4.35. The van der Waals surface area contributed by atoms with E-state index in [4.69, 9.17) is 25.8 Å². The Kier molecular flexibility index (Phi) is 7.87. The third kappa shape index (κ3) is 6.06. The number of carbonyl (C=O) groups is 1. The Morgan fingerprint density at radius 3 is 2.47 bits per heavy atom. The number of carbonyl (C=O) groups excluding carboxylic acids is 1. The maximum Gasteiger partial charge on any atom is 0.330 e. The highest BCUT2D eigenvalue weighted by molar-refractivity contribution is 7.89. The largest absolute Gasteiger partial charge is 0.488 e. The van der Waals surface area contributed by atoms with Crippen molar-refractivity contribution >= 4 is 33.7 Å². The quantitative estimate of drug-likeness (QED) is 0.348. The molecule has 0 bridgehead atoms. The summed E-state index contributed by atoms with van der Waals surface area (Å²) in [6.45, 7) is 1.73. The minimum Gasteiger partial charge on any atom is -0.488 e. The molecule has 1 heterocycles. The molecule has 1 aliphatic rings. The second-order valence-electron chi connectivity index (χ2n) is 6.37. The van der Waals surface area contributed by atoms with E-state index in [1.807, 2.05) is 0 Å². The number of para-hydroxylation sites is 1. The zero-order valence-corrected chi connectivity index (χ0v) is 17.8. The molecule has 0 aromatic heterocycles. The number of hydrogen-bond donors (Lipinski definition) is 0. The van der Waals surface area contributed by atoms with Crippen molar-refractivity contribution in [2.24, 2.45) is 0 Å². The lowest BCUT2D eigenvalue weighted by molar-refractivity contribution is -0.138. The van der Waals surface area contributed by atoms with Gasteiger partial charge in [-0.05, 0) is 35.9 Å². The van der Waals surface area contributed by atoms with Gasteiger partial charge in [-0.25, -0.2) is 13.2 Å². The van der Waals surface area contributed by atoms with E-state index in [1.54, 1.807) is 42.5 Å². The Morgan fingerprint density at radius 1 is 1.07 bits per heavy atom. The van der Waals surface area contributed by atoms with E-state index in [2.05, 4.69) is 0 Å². The van der Waals surface area contributed by atoms with Crippen LogP contribution in [0.4, 0.5) is 0 Å². The lowest BCUT2D eigenvalue weighted by Crippen LogP contribution is -2.40. The number of nitrogens with zero attached hydrogens (tertiary/aromatic N) is 1. The fraction of sp³-hybridized carbons (Fsp3) is 0.286. The molecule has 1 fully saturated rings. The van der Waals surface area contributed by atoms with Gasteiger partial charge < -0.3 is 14.2 Å². The van der Waals surface area contributed by atoms with Crippen molar-refractivity contribution in [1.29, 1.82) is 0 Å². The Labute approximate surface area is 180 Å². The van der Waals surface area contributed by atoms with E-state index in [0.29, 0.717) is 42.6 Å². The van der Waals surface area contributed by atoms with Gasteiger partial charge in [0.05, 0.1) is 23.1 Å². The summed E-state index contributed by atoms with van der Waals surface area (Å²) in [5, 5.41) is 0.489. The summed E-state index contributed by atoms with van der Waals surface area (Å²) in [7, 11) is -3.54. The summed E-state index contributed by atoms with van der Waals surface area (Å²) < 4.78 is 42.3. The first kappa shape index (κ1) is 22.3. The van der Waals surface area contributed by atoms with Crippen LogP contribution < -0.4 is 4.74 Å². The van der Waals surface area contributed by atoms with Crippen LogP contribution in [-0.4, -0.2) is 58.2 Å². The van der Waals surface area contributed by atoms with E-state index in [1.165, 1.54) is 22.5 Å². The van der Waals surface area contributed by atoms with Crippen LogP contribution in [0, 0.1) is 0 Å². The molecular weight excluding hydrogens is 430 g/mol. The summed E-state index contributed by atoms with van der Waals surface area (Å²) in [6, 6.07) is 13.4. The molecule has 3 rings (SSSR count). The Bertz CT molecular complexity index is 985. The first-order valence-corrected chi connectivity index (χ1v) is 11.2. The molecule has 2 aromatic carbocycles. The van der Waals surface area contributed by atoms with Crippen LogP contribution >= 0.6 is 11.6 Å². The van der Waals surface area contributed by atoms with Crippen molar-refractivity contribution in [3.63, 3.8) is 0 Å². The number of ether oxygens (including phenoxy) is 3. The predicted octanol–water partition coefficient (Wildman–Crippen LogP) is 3.00. The average molecular weight is 452 g/mol. The molecule has 9 heteroatoms. The normalized spacial score (nSPS) is 15.2. The lowest BCUT2D eigenvalue weighted by atomic mass is 10.2. The van der Waals surface area contributed by atoms with Gasteiger partial charge in [0.1, 0.15) is 19.0 Å². The van der Waals surface area contributed by atoms with Crippen molar-refractivity contribution in [3.05, 3.63) is 65.2 Å². The predicted molar refractivity (Wildman–Crippen MR) is 113 cm³/mol. The molecule has 0 radical (unpaired) electrons. The molecule has 0 saturated carbocycles. The van der Waals surface area contributed by atoms with Crippen LogP contribution in [0.25, 0.3) is 6.08 Å². The lowest BCUT2D eigenvalue weighted by Gasteiger charge is -2.26. The first-order chi connectivity index (χ1) is 14.5. The number of rotatable bonds is 8. The number of benzene rings is 2. The standard InChI is InChI=1S/C21H22ClNO6S/c22-19-3-1-2-4-20(19)28-15-16-29-21(24)10-7-17-5-8-18(9-6-17)30(25,26)23-11-13-27-14-12-23/h1-10H,11-16H2/b10-7+. The van der Waals surface area contributed by atoms with E-state index in [0.717, 1.165) is 0 Å². The molecule has 0 atom stereocenters. The third-order valence-electron chi connectivity index (χ3n) is 4.32. The second-order valence-corrected chi connectivity index (χ2v) is 8.71. The van der Waals surface area contributed by atoms with Gasteiger partial charge in [0.25, 0.3) is 0 Å². The van der Waals surface area contributed by atoms with Crippen molar-refractivity contribution < 1.29 is 27.4 Å². The third-order valence-corrected chi connectivity index (χ3v) is 6.55. The fourth-order valence-electron chi connectivity index (χ4n) is 2.75. The number of sulfonamides is 1. The van der Waals surface area contributed by atoms with Gasteiger partial charge in [0.15, 0.2) is 0 Å². The van der Waals surface area contributed by atoms with Gasteiger partial charge in [-0.1, -0.05) is 35.9 Å². The molecule has 7 nitrogen and oxygen atoms in total. The number of halogens is 1. The van der Waals surface area contributed by atoms with Crippen molar-refractivity contribution in [1.82, 2.24) is 4.31 Å². The monoisotopic (exact) mass is 451 g/mol. The molecule has 30 heavy (non-hydrogen) atoms. The van der Waals surface area contributed by atoms with Crippen LogP contribution in [0.3, 0.4) is 0 Å². The first-order valence-electron chi connectivity index (χ1n) is 9.37. The molecule has 0 aliphatic carbocycles. The van der Waals surface area contributed by atoms with Crippen LogP contribution in [0.2, 0.25) is 5.02 Å². The van der Waals surface area contributed by atoms with Crippen molar-refractivity contribution in [2.75, 3.05) is 39.5 Å². The van der Waals surface area contributed by atoms with Crippen LogP contribution in [0.5, 0.6) is 5.75 Å². The highest BCUT2D eigenvalue weighted by Gasteiger charge is 2.25. The van der Waals surface area contributed by atoms with Crippen LogP contribution in [0.1, 0.15) is 5.56 Å². The Morgan fingerprint density at radius 2 is 1.77 bits per heavy atom. The molecule has 1 aliphatic heterocycles. The summed E-state index contributed by atoms with van der Waals surface area (Å²) >= 11 is 5.98. The number of esters is 1. The SMILES string of the molecule is O=C(/C=C/c1ccc(S(=O)(=O)N2CCOCC2)cc1)OCCOc1ccccc1Cl. The number of morpholine rings is 1. The smallest absolute Gasteiger partial charge is 0.330 e. The molecule has 0 N–H and O–H groups in total. The summed E-state index contributed by atoms with van der Waals surface area (Å²) in [5.74, 6) is 0.000604. The Hall–Kier alpha value is -2.39. The minimum atomic E-state index is -3.54. The molecule has 2 aromatic rings. The molecule has 1 saturated heterocycles. The van der Waals surface area contributed by atoms with Gasteiger partial charge in [-0.2, -0.15) is 4.31 Å². The van der Waals surface area contributed by atoms with Gasteiger partial charge in [0.2, 0.25) is 10.0 Å². The van der Waals surface area contributed by atoms with E-state index >= 15 is 0 Å². The highest BCUT2D eigenvalue weighted by Crippen LogP contribution is 2.23. The second kappa shape index (κ2) is 10.6. The molecule has 0 amide bonds.